The van der Waals surface area contributed by atoms with Crippen LogP contribution < -0.4 is 9.47 Å². The van der Waals surface area contributed by atoms with Crippen LogP contribution in [-0.2, 0) is 4.74 Å². The molecule has 29 heavy (non-hydrogen) atoms. The van der Waals surface area contributed by atoms with E-state index in [-0.39, 0.29) is 52.8 Å². The smallest absolute Gasteiger partial charge is 0.410 e. The molecule has 2 amide bonds. The molecule has 1 fully saturated rings. The first-order chi connectivity index (χ1) is 13.5. The highest BCUT2D eigenvalue weighted by atomic mass is 79.9. The van der Waals surface area contributed by atoms with Gasteiger partial charge in [-0.1, -0.05) is 11.6 Å². The van der Waals surface area contributed by atoms with Gasteiger partial charge < -0.3 is 24.0 Å². The molecule has 0 radical (unpaired) electrons. The maximum atomic E-state index is 13.1. The summed E-state index contributed by atoms with van der Waals surface area (Å²) in [6, 6.07) is 0.744. The lowest BCUT2D eigenvalue weighted by Crippen LogP contribution is -2.58. The zero-order valence-corrected chi connectivity index (χ0v) is 18.3. The van der Waals surface area contributed by atoms with Crippen molar-refractivity contribution in [2.75, 3.05) is 26.2 Å². The van der Waals surface area contributed by atoms with Crippen molar-refractivity contribution >= 4 is 39.5 Å². The van der Waals surface area contributed by atoms with Crippen molar-refractivity contribution in [1.29, 1.82) is 0 Å². The van der Waals surface area contributed by atoms with Crippen molar-refractivity contribution < 1.29 is 32.6 Å². The molecule has 0 aromatic heterocycles. The minimum Gasteiger partial charge on any atom is -0.489 e. The van der Waals surface area contributed by atoms with Gasteiger partial charge in [-0.05, 0) is 42.8 Å². The van der Waals surface area contributed by atoms with Crippen molar-refractivity contribution in [3.63, 3.8) is 0 Å². The molecule has 2 heterocycles. The van der Waals surface area contributed by atoms with Crippen molar-refractivity contribution in [3.8, 4) is 11.5 Å². The molecule has 0 bridgehead atoms. The normalized spacial score (nSPS) is 19.3. The van der Waals surface area contributed by atoms with Gasteiger partial charge in [0.1, 0.15) is 23.0 Å². The molecule has 0 N–H and O–H groups in total. The molecular weight excluding hydrogens is 478 g/mol. The van der Waals surface area contributed by atoms with E-state index in [1.807, 2.05) is 0 Å². The Morgan fingerprint density at radius 3 is 2.69 bits per heavy atom. The summed E-state index contributed by atoms with van der Waals surface area (Å²) >= 11 is 9.34. The summed E-state index contributed by atoms with van der Waals surface area (Å²) in [6.45, 7) is 3.06. The van der Waals surface area contributed by atoms with Crippen LogP contribution in [0.1, 0.15) is 31.1 Å². The van der Waals surface area contributed by atoms with E-state index in [1.165, 1.54) is 11.0 Å². The number of amides is 2. The zero-order valence-electron chi connectivity index (χ0n) is 16.0. The molecule has 0 unspecified atom stereocenters. The van der Waals surface area contributed by atoms with Crippen LogP contribution >= 0.6 is 27.5 Å². The average Bonchev–Trinajstić information content (AvgIpc) is 2.75. The van der Waals surface area contributed by atoms with E-state index in [1.54, 1.807) is 25.7 Å². The number of piperazine rings is 1. The fourth-order valence-corrected chi connectivity index (χ4v) is 3.80. The van der Waals surface area contributed by atoms with Gasteiger partial charge in [-0.3, -0.25) is 4.79 Å². The van der Waals surface area contributed by atoms with Gasteiger partial charge in [0.15, 0.2) is 5.75 Å². The average molecular weight is 498 g/mol. The first kappa shape index (κ1) is 21.9. The fourth-order valence-electron chi connectivity index (χ4n) is 3.16. The molecule has 2 aliphatic heterocycles. The highest BCUT2D eigenvalue weighted by Crippen LogP contribution is 2.44. The molecule has 11 heteroatoms. The van der Waals surface area contributed by atoms with Crippen LogP contribution in [0, 0.1) is 0 Å². The van der Waals surface area contributed by atoms with Crippen LogP contribution in [0.25, 0.3) is 0 Å². The summed E-state index contributed by atoms with van der Waals surface area (Å²) in [5.41, 5.74) is -0.608. The number of halogens is 4. The number of nitrogens with zero attached hydrogens (tertiary/aromatic N) is 2. The Bertz CT molecular complexity index is 833. The van der Waals surface area contributed by atoms with E-state index in [2.05, 4.69) is 20.7 Å². The first-order valence-electron chi connectivity index (χ1n) is 8.86. The van der Waals surface area contributed by atoms with E-state index in [0.29, 0.717) is 0 Å². The predicted octanol–water partition coefficient (Wildman–Crippen LogP) is 4.16. The molecule has 0 spiro atoms. The summed E-state index contributed by atoms with van der Waals surface area (Å²) in [7, 11) is 0. The number of benzene rings is 1. The molecule has 7 nitrogen and oxygen atoms in total. The second kappa shape index (κ2) is 8.14. The predicted molar refractivity (Wildman–Crippen MR) is 104 cm³/mol. The molecule has 0 aliphatic carbocycles. The lowest BCUT2D eigenvalue weighted by Gasteiger charge is -2.40. The molecule has 1 aromatic carbocycles. The zero-order chi connectivity index (χ0) is 21.5. The number of hydrogen-bond donors (Lipinski definition) is 0. The van der Waals surface area contributed by atoms with Gasteiger partial charge in [0, 0.05) is 19.6 Å². The standard InChI is InChI=1S/C18H20BrClF2N2O5/c1-18(2,3)29-17(26)23-4-5-24-9(7-23)8-27-14-10(15(24)25)6-11(28-16(21)22)12(19)13(14)20/h6,9,16H,4-5,7-8H2,1-3H3/t9-/m1/s1. The number of alkyl halides is 2. The number of rotatable bonds is 2. The molecule has 0 saturated carbocycles. The van der Waals surface area contributed by atoms with Gasteiger partial charge in [-0.2, -0.15) is 8.78 Å². The molecule has 3 rings (SSSR count). The van der Waals surface area contributed by atoms with E-state index < -0.39 is 30.3 Å². The number of carbonyl (C=O) groups excluding carboxylic acids is 2. The summed E-state index contributed by atoms with van der Waals surface area (Å²) in [6.07, 6.45) is -0.472. The number of hydrogen-bond acceptors (Lipinski definition) is 5. The molecule has 1 atom stereocenters. The van der Waals surface area contributed by atoms with Crippen LogP contribution in [-0.4, -0.2) is 66.3 Å². The third-order valence-corrected chi connectivity index (χ3v) is 5.77. The SMILES string of the molecule is CC(C)(C)OC(=O)N1CCN2C(=O)c3cc(OC(F)F)c(Br)c(Cl)c3OC[C@H]2C1. The molecule has 2 aliphatic rings. The Hall–Kier alpha value is -1.81. The van der Waals surface area contributed by atoms with E-state index in [9.17, 15) is 18.4 Å². The highest BCUT2D eigenvalue weighted by Gasteiger charge is 2.39. The first-order valence-corrected chi connectivity index (χ1v) is 10.0. The van der Waals surface area contributed by atoms with Gasteiger partial charge in [0.2, 0.25) is 0 Å². The Labute approximate surface area is 179 Å². The molecule has 1 saturated heterocycles. The monoisotopic (exact) mass is 496 g/mol. The third-order valence-electron chi connectivity index (χ3n) is 4.39. The maximum absolute atomic E-state index is 13.1. The summed E-state index contributed by atoms with van der Waals surface area (Å²) < 4.78 is 41.0. The van der Waals surface area contributed by atoms with E-state index in [0.717, 1.165) is 0 Å². The Morgan fingerprint density at radius 1 is 1.38 bits per heavy atom. The number of fused-ring (bicyclic) bond motifs is 2. The van der Waals surface area contributed by atoms with Gasteiger partial charge in [-0.25, -0.2) is 4.79 Å². The second-order valence-corrected chi connectivity index (χ2v) is 8.82. The van der Waals surface area contributed by atoms with Gasteiger partial charge in [-0.15, -0.1) is 0 Å². The van der Waals surface area contributed by atoms with Crippen LogP contribution in [0.2, 0.25) is 5.02 Å². The van der Waals surface area contributed by atoms with Gasteiger partial charge >= 0.3 is 12.7 Å². The van der Waals surface area contributed by atoms with Crippen LogP contribution in [0.3, 0.4) is 0 Å². The number of ether oxygens (including phenoxy) is 3. The Morgan fingerprint density at radius 2 is 2.07 bits per heavy atom. The summed E-state index contributed by atoms with van der Waals surface area (Å²) in [5, 5.41) is -0.0321. The maximum Gasteiger partial charge on any atom is 0.410 e. The second-order valence-electron chi connectivity index (χ2n) is 7.65. The Balaban J connectivity index is 1.85. The van der Waals surface area contributed by atoms with Crippen molar-refractivity contribution in [3.05, 3.63) is 21.1 Å². The largest absolute Gasteiger partial charge is 0.489 e. The van der Waals surface area contributed by atoms with Crippen molar-refractivity contribution in [1.82, 2.24) is 9.80 Å². The summed E-state index contributed by atoms with van der Waals surface area (Å²) in [5.74, 6) is -0.602. The fraction of sp³-hybridized carbons (Fsp3) is 0.556. The number of carbonyl (C=O) groups is 2. The lowest BCUT2D eigenvalue weighted by atomic mass is 10.1. The van der Waals surface area contributed by atoms with E-state index >= 15 is 0 Å². The van der Waals surface area contributed by atoms with Crippen molar-refractivity contribution in [2.45, 2.75) is 39.0 Å². The van der Waals surface area contributed by atoms with Gasteiger partial charge in [0.25, 0.3) is 5.91 Å². The highest BCUT2D eigenvalue weighted by molar-refractivity contribution is 9.10. The van der Waals surface area contributed by atoms with Crippen LogP contribution in [0.4, 0.5) is 13.6 Å². The topological polar surface area (TPSA) is 68.3 Å². The molecular formula is C18H20BrClF2N2O5. The third kappa shape index (κ3) is 4.69. The quantitative estimate of drug-likeness (QED) is 0.614. The van der Waals surface area contributed by atoms with Crippen LogP contribution in [0.5, 0.6) is 11.5 Å². The lowest BCUT2D eigenvalue weighted by molar-refractivity contribution is -0.0504. The summed E-state index contributed by atoms with van der Waals surface area (Å²) in [4.78, 5) is 28.5. The Kier molecular flexibility index (Phi) is 6.14. The van der Waals surface area contributed by atoms with E-state index in [4.69, 9.17) is 21.1 Å². The van der Waals surface area contributed by atoms with Crippen LogP contribution in [0.15, 0.2) is 10.5 Å². The van der Waals surface area contributed by atoms with Crippen molar-refractivity contribution in [2.24, 2.45) is 0 Å². The minimum absolute atomic E-state index is 0.0297. The molecule has 1 aromatic rings. The molecule has 160 valence electrons. The minimum atomic E-state index is -3.08. The van der Waals surface area contributed by atoms with Gasteiger partial charge in [0.05, 0.1) is 16.1 Å².